The molecular weight excluding hydrogens is 266 g/mol. The SMILES string of the molecule is CC1=CC2c3cc(C)ccc3CN2C=C1c1cccc(C)c1. The summed E-state index contributed by atoms with van der Waals surface area (Å²) in [6, 6.07) is 16.0. The average molecular weight is 287 g/mol. The van der Waals surface area contributed by atoms with Crippen LogP contribution in [-0.4, -0.2) is 4.90 Å². The summed E-state index contributed by atoms with van der Waals surface area (Å²) in [5.41, 5.74) is 9.64. The van der Waals surface area contributed by atoms with E-state index in [1.54, 1.807) is 0 Å². The van der Waals surface area contributed by atoms with E-state index in [1.165, 1.54) is 39.0 Å². The molecule has 0 aromatic heterocycles. The lowest BCUT2D eigenvalue weighted by Gasteiger charge is -2.28. The van der Waals surface area contributed by atoms with Crippen molar-refractivity contribution < 1.29 is 0 Å². The van der Waals surface area contributed by atoms with Crippen molar-refractivity contribution in [2.45, 2.75) is 33.4 Å². The van der Waals surface area contributed by atoms with Gasteiger partial charge in [-0.25, -0.2) is 0 Å². The topological polar surface area (TPSA) is 3.24 Å². The number of allylic oxidation sites excluding steroid dienone is 2. The fraction of sp³-hybridized carbons (Fsp3) is 0.238. The summed E-state index contributed by atoms with van der Waals surface area (Å²) >= 11 is 0. The maximum atomic E-state index is 2.47. The summed E-state index contributed by atoms with van der Waals surface area (Å²) in [7, 11) is 0. The molecule has 0 bridgehead atoms. The highest BCUT2D eigenvalue weighted by atomic mass is 15.2. The van der Waals surface area contributed by atoms with E-state index in [0.717, 1.165) is 6.54 Å². The van der Waals surface area contributed by atoms with Gasteiger partial charge in [-0.1, -0.05) is 59.7 Å². The van der Waals surface area contributed by atoms with Crippen LogP contribution in [0.3, 0.4) is 0 Å². The lowest BCUT2D eigenvalue weighted by Crippen LogP contribution is -2.18. The Morgan fingerprint density at radius 2 is 1.77 bits per heavy atom. The minimum atomic E-state index is 0.406. The Bertz CT molecular complexity index is 810. The van der Waals surface area contributed by atoms with Gasteiger partial charge < -0.3 is 4.90 Å². The first-order valence-corrected chi connectivity index (χ1v) is 7.94. The number of hydrogen-bond donors (Lipinski definition) is 0. The standard InChI is InChI=1S/C21H21N/c1-14-5-4-6-17(9-14)20-13-22-12-18-8-7-15(2)10-19(18)21(22)11-16(20)3/h4-11,13,21H,12H2,1-3H3. The predicted octanol–water partition coefficient (Wildman–Crippen LogP) is 5.16. The quantitative estimate of drug-likeness (QED) is 0.700. The summed E-state index contributed by atoms with van der Waals surface area (Å²) in [6.07, 6.45) is 4.77. The third kappa shape index (κ3) is 2.09. The van der Waals surface area contributed by atoms with Crippen LogP contribution in [0.25, 0.3) is 5.57 Å². The van der Waals surface area contributed by atoms with Crippen molar-refractivity contribution in [3.8, 4) is 0 Å². The van der Waals surface area contributed by atoms with Gasteiger partial charge in [0.05, 0.1) is 6.04 Å². The molecule has 0 aliphatic carbocycles. The second kappa shape index (κ2) is 4.88. The van der Waals surface area contributed by atoms with Crippen LogP contribution in [0.5, 0.6) is 0 Å². The fourth-order valence-electron chi connectivity index (χ4n) is 3.63. The van der Waals surface area contributed by atoms with Crippen LogP contribution in [0.2, 0.25) is 0 Å². The summed E-state index contributed by atoms with van der Waals surface area (Å²) in [5.74, 6) is 0. The van der Waals surface area contributed by atoms with Crippen LogP contribution in [0.15, 0.2) is 60.3 Å². The second-order valence-electron chi connectivity index (χ2n) is 6.58. The number of fused-ring (bicyclic) bond motifs is 3. The summed E-state index contributed by atoms with van der Waals surface area (Å²) < 4.78 is 0. The van der Waals surface area contributed by atoms with E-state index < -0.39 is 0 Å². The van der Waals surface area contributed by atoms with Gasteiger partial charge in [-0.05, 0) is 43.0 Å². The Morgan fingerprint density at radius 1 is 0.955 bits per heavy atom. The first-order valence-electron chi connectivity index (χ1n) is 7.94. The lowest BCUT2D eigenvalue weighted by atomic mass is 9.92. The second-order valence-corrected chi connectivity index (χ2v) is 6.58. The van der Waals surface area contributed by atoms with E-state index in [0.29, 0.717) is 6.04 Å². The number of nitrogens with zero attached hydrogens (tertiary/aromatic N) is 1. The molecule has 4 rings (SSSR count). The Kier molecular flexibility index (Phi) is 2.97. The van der Waals surface area contributed by atoms with Gasteiger partial charge in [0, 0.05) is 18.3 Å². The van der Waals surface area contributed by atoms with Crippen LogP contribution >= 0.6 is 0 Å². The Morgan fingerprint density at radius 3 is 2.59 bits per heavy atom. The van der Waals surface area contributed by atoms with Gasteiger partial charge in [0.25, 0.3) is 0 Å². The number of hydrogen-bond acceptors (Lipinski definition) is 1. The molecule has 1 unspecified atom stereocenters. The number of benzene rings is 2. The van der Waals surface area contributed by atoms with Crippen LogP contribution in [-0.2, 0) is 6.54 Å². The van der Waals surface area contributed by atoms with Gasteiger partial charge in [0.15, 0.2) is 0 Å². The van der Waals surface area contributed by atoms with Gasteiger partial charge in [0.2, 0.25) is 0 Å². The van der Waals surface area contributed by atoms with E-state index in [-0.39, 0.29) is 0 Å². The van der Waals surface area contributed by atoms with E-state index in [1.807, 2.05) is 0 Å². The van der Waals surface area contributed by atoms with E-state index in [9.17, 15) is 0 Å². The van der Waals surface area contributed by atoms with Crippen molar-refractivity contribution in [3.63, 3.8) is 0 Å². The molecule has 0 spiro atoms. The van der Waals surface area contributed by atoms with Crippen LogP contribution in [0.1, 0.15) is 40.8 Å². The number of rotatable bonds is 1. The van der Waals surface area contributed by atoms with Crippen LogP contribution < -0.4 is 0 Å². The summed E-state index contributed by atoms with van der Waals surface area (Å²) in [4.78, 5) is 2.47. The van der Waals surface area contributed by atoms with Gasteiger partial charge in [-0.2, -0.15) is 0 Å². The fourth-order valence-corrected chi connectivity index (χ4v) is 3.63. The molecule has 110 valence electrons. The largest absolute Gasteiger partial charge is 0.362 e. The van der Waals surface area contributed by atoms with E-state index >= 15 is 0 Å². The summed E-state index contributed by atoms with van der Waals surface area (Å²) in [5, 5.41) is 0. The highest BCUT2D eigenvalue weighted by Gasteiger charge is 2.30. The monoisotopic (exact) mass is 287 g/mol. The van der Waals surface area contributed by atoms with Gasteiger partial charge in [-0.3, -0.25) is 0 Å². The Balaban J connectivity index is 1.76. The van der Waals surface area contributed by atoms with Crippen LogP contribution in [0.4, 0.5) is 0 Å². The van der Waals surface area contributed by atoms with Crippen molar-refractivity contribution in [2.75, 3.05) is 0 Å². The molecule has 2 heterocycles. The Hall–Kier alpha value is -2.28. The van der Waals surface area contributed by atoms with Gasteiger partial charge >= 0.3 is 0 Å². The predicted molar refractivity (Wildman–Crippen MR) is 92.4 cm³/mol. The van der Waals surface area contributed by atoms with Crippen molar-refractivity contribution in [2.24, 2.45) is 0 Å². The zero-order valence-corrected chi connectivity index (χ0v) is 13.4. The highest BCUT2D eigenvalue weighted by molar-refractivity contribution is 5.80. The van der Waals surface area contributed by atoms with Gasteiger partial charge in [0.1, 0.15) is 0 Å². The highest BCUT2D eigenvalue weighted by Crippen LogP contribution is 2.42. The first kappa shape index (κ1) is 13.4. The van der Waals surface area contributed by atoms with Gasteiger partial charge in [-0.15, -0.1) is 0 Å². The summed E-state index contributed by atoms with van der Waals surface area (Å²) in [6.45, 7) is 7.58. The minimum absolute atomic E-state index is 0.406. The molecular formula is C21H21N. The van der Waals surface area contributed by atoms with E-state index in [2.05, 4.69) is 80.4 Å². The van der Waals surface area contributed by atoms with E-state index in [4.69, 9.17) is 0 Å². The van der Waals surface area contributed by atoms with Crippen molar-refractivity contribution in [3.05, 3.63) is 88.1 Å². The molecule has 0 saturated heterocycles. The molecule has 0 N–H and O–H groups in total. The molecule has 2 aromatic rings. The molecule has 0 radical (unpaired) electrons. The molecule has 0 amide bonds. The molecule has 22 heavy (non-hydrogen) atoms. The molecule has 0 saturated carbocycles. The molecule has 1 heteroatoms. The third-order valence-electron chi connectivity index (χ3n) is 4.79. The molecule has 2 aromatic carbocycles. The maximum Gasteiger partial charge on any atom is 0.0734 e. The number of aryl methyl sites for hydroxylation is 2. The van der Waals surface area contributed by atoms with Crippen molar-refractivity contribution >= 4 is 5.57 Å². The van der Waals surface area contributed by atoms with Crippen molar-refractivity contribution in [1.82, 2.24) is 4.90 Å². The molecule has 2 aliphatic rings. The normalized spacial score (nSPS) is 19.4. The first-order chi connectivity index (χ1) is 10.6. The minimum Gasteiger partial charge on any atom is -0.362 e. The zero-order valence-electron chi connectivity index (χ0n) is 13.4. The van der Waals surface area contributed by atoms with Crippen LogP contribution in [0, 0.1) is 13.8 Å². The maximum absolute atomic E-state index is 2.47. The molecule has 1 atom stereocenters. The third-order valence-corrected chi connectivity index (χ3v) is 4.79. The lowest BCUT2D eigenvalue weighted by molar-refractivity contribution is 0.350. The molecule has 2 aliphatic heterocycles. The van der Waals surface area contributed by atoms with Crippen molar-refractivity contribution in [1.29, 1.82) is 0 Å². The smallest absolute Gasteiger partial charge is 0.0734 e. The average Bonchev–Trinajstić information content (AvgIpc) is 2.83. The molecule has 1 nitrogen and oxygen atoms in total. The molecule has 0 fully saturated rings. The zero-order chi connectivity index (χ0) is 15.3. The Labute approximate surface area is 132 Å².